The van der Waals surface area contributed by atoms with Gasteiger partial charge in [-0.15, -0.1) is 0 Å². The maximum atomic E-state index is 10.2. The van der Waals surface area contributed by atoms with Gasteiger partial charge in [-0.2, -0.15) is 0 Å². The van der Waals surface area contributed by atoms with E-state index in [1.165, 1.54) is 77.0 Å². The van der Waals surface area contributed by atoms with E-state index in [0.717, 1.165) is 103 Å². The average Bonchev–Trinajstić information content (AvgIpc) is 2.95. The van der Waals surface area contributed by atoms with E-state index >= 15 is 0 Å². The summed E-state index contributed by atoms with van der Waals surface area (Å²) in [4.78, 5) is 20.5. The third-order valence-electron chi connectivity index (χ3n) is 8.12. The van der Waals surface area contributed by atoms with Gasteiger partial charge in [0.05, 0.1) is 12.2 Å². The topological polar surface area (TPSA) is 121 Å². The van der Waals surface area contributed by atoms with E-state index in [-0.39, 0.29) is 62.8 Å². The van der Waals surface area contributed by atoms with Crippen molar-refractivity contribution in [2.45, 2.75) is 219 Å². The summed E-state index contributed by atoms with van der Waals surface area (Å²) >= 11 is 0. The third-order valence-corrected chi connectivity index (χ3v) is 8.12. The Kier molecular flexibility index (Phi) is 44.4. The second kappa shape index (κ2) is 40.1. The zero-order chi connectivity index (χ0) is 31.5. The van der Waals surface area contributed by atoms with Crippen LogP contribution < -0.4 is 10.2 Å². The van der Waals surface area contributed by atoms with Gasteiger partial charge >= 0.3 is 37.7 Å². The molecule has 0 aromatic rings. The Hall–Kier alpha value is 0.120. The maximum Gasteiger partial charge on any atom is 2.00 e. The third kappa shape index (κ3) is 46.7. The quantitative estimate of drug-likeness (QED) is 0.0580. The molecule has 0 radical (unpaired) electrons. The van der Waals surface area contributed by atoms with Crippen molar-refractivity contribution >= 4 is 49.7 Å². The van der Waals surface area contributed by atoms with Crippen LogP contribution in [0.3, 0.4) is 0 Å². The fourth-order valence-corrected chi connectivity index (χ4v) is 5.32. The number of carbonyl (C=O) groups excluding carboxylic acids is 2. The van der Waals surface area contributed by atoms with Gasteiger partial charge in [0, 0.05) is 11.9 Å². The molecule has 0 heterocycles. The first-order valence-corrected chi connectivity index (χ1v) is 18.1. The van der Waals surface area contributed by atoms with Crippen molar-refractivity contribution in [2.75, 3.05) is 0 Å². The van der Waals surface area contributed by atoms with E-state index < -0.39 is 11.9 Å². The number of hydrogen-bond donors (Lipinski definition) is 2. The molecule has 0 bridgehead atoms. The molecular formula is C36H70CaO6. The number of aliphatic carboxylic acids is 2. The molecule has 2 atom stereocenters. The van der Waals surface area contributed by atoms with Crippen molar-refractivity contribution in [3.05, 3.63) is 0 Å². The minimum Gasteiger partial charge on any atom is -0.550 e. The molecule has 2 unspecified atom stereocenters. The Morgan fingerprint density at radius 3 is 0.860 bits per heavy atom. The molecule has 0 aliphatic rings. The first kappa shape index (κ1) is 47.5. The SMILES string of the molecule is CCCCCCCCCC(O)CCCCCCCC(=O)[O-].CCCCCCCCCC(O)CCCCCCCC(=O)[O-].[Ca+2]. The van der Waals surface area contributed by atoms with Crippen LogP contribution in [-0.4, -0.2) is 72.1 Å². The molecule has 0 aromatic carbocycles. The largest absolute Gasteiger partial charge is 2.00 e. The number of aliphatic hydroxyl groups is 2. The van der Waals surface area contributed by atoms with E-state index in [2.05, 4.69) is 13.8 Å². The first-order chi connectivity index (χ1) is 20.3. The van der Waals surface area contributed by atoms with Crippen LogP contribution in [0.15, 0.2) is 0 Å². The predicted molar refractivity (Wildman–Crippen MR) is 178 cm³/mol. The minimum atomic E-state index is -0.944. The summed E-state index contributed by atoms with van der Waals surface area (Å²) in [5, 5.41) is 40.2. The molecule has 0 saturated carbocycles. The zero-order valence-corrected chi connectivity index (χ0v) is 30.8. The maximum absolute atomic E-state index is 10.2. The van der Waals surface area contributed by atoms with Gasteiger partial charge in [0.15, 0.2) is 0 Å². The summed E-state index contributed by atoms with van der Waals surface area (Å²) in [6, 6.07) is 0. The Balaban J connectivity index is -0.000000727. The van der Waals surface area contributed by atoms with Crippen molar-refractivity contribution in [1.82, 2.24) is 0 Å². The van der Waals surface area contributed by atoms with Crippen LogP contribution in [-0.2, 0) is 9.59 Å². The molecule has 6 nitrogen and oxygen atoms in total. The number of hydrogen-bond acceptors (Lipinski definition) is 6. The fraction of sp³-hybridized carbons (Fsp3) is 0.944. The zero-order valence-electron chi connectivity index (χ0n) is 28.6. The van der Waals surface area contributed by atoms with E-state index in [0.29, 0.717) is 0 Å². The van der Waals surface area contributed by atoms with Crippen LogP contribution in [0.25, 0.3) is 0 Å². The molecule has 0 aliphatic carbocycles. The van der Waals surface area contributed by atoms with Crippen LogP contribution in [0, 0.1) is 0 Å². The van der Waals surface area contributed by atoms with Crippen molar-refractivity contribution in [2.24, 2.45) is 0 Å². The van der Waals surface area contributed by atoms with Gasteiger partial charge in [-0.3, -0.25) is 0 Å². The van der Waals surface area contributed by atoms with Gasteiger partial charge in [-0.05, 0) is 51.4 Å². The van der Waals surface area contributed by atoms with Crippen molar-refractivity contribution in [3.8, 4) is 0 Å². The number of carbonyl (C=O) groups is 2. The Labute approximate surface area is 296 Å². The Morgan fingerprint density at radius 1 is 0.419 bits per heavy atom. The van der Waals surface area contributed by atoms with Crippen molar-refractivity contribution in [1.29, 1.82) is 0 Å². The van der Waals surface area contributed by atoms with Gasteiger partial charge in [0.2, 0.25) is 0 Å². The van der Waals surface area contributed by atoms with Gasteiger partial charge in [-0.25, -0.2) is 0 Å². The number of aliphatic hydroxyl groups excluding tert-OH is 2. The van der Waals surface area contributed by atoms with Crippen LogP contribution in [0.5, 0.6) is 0 Å². The molecule has 0 rings (SSSR count). The van der Waals surface area contributed by atoms with Crippen molar-refractivity contribution < 1.29 is 30.0 Å². The first-order valence-electron chi connectivity index (χ1n) is 18.1. The normalized spacial score (nSPS) is 12.2. The molecule has 0 saturated heterocycles. The van der Waals surface area contributed by atoms with Crippen LogP contribution in [0.1, 0.15) is 206 Å². The standard InChI is InChI=1S/2C18H36O3.Ca/c2*1-2-3-4-5-6-8-11-14-17(19)15-12-9-7-10-13-16-18(20)21;/h2*17,19H,2-16H2,1H3,(H,20,21);/q;;+2/p-2. The summed E-state index contributed by atoms with van der Waals surface area (Å²) in [5.41, 5.74) is 0. The smallest absolute Gasteiger partial charge is 0.550 e. The minimum absolute atomic E-state index is 0. The van der Waals surface area contributed by atoms with Crippen LogP contribution in [0.2, 0.25) is 0 Å². The van der Waals surface area contributed by atoms with E-state index in [4.69, 9.17) is 0 Å². The number of unbranched alkanes of at least 4 members (excludes halogenated alkanes) is 20. The van der Waals surface area contributed by atoms with Crippen LogP contribution in [0.4, 0.5) is 0 Å². The van der Waals surface area contributed by atoms with E-state index in [9.17, 15) is 30.0 Å². The van der Waals surface area contributed by atoms with Gasteiger partial charge in [0.25, 0.3) is 0 Å². The molecule has 43 heavy (non-hydrogen) atoms. The molecule has 2 N–H and O–H groups in total. The Morgan fingerprint density at radius 2 is 0.628 bits per heavy atom. The van der Waals surface area contributed by atoms with E-state index in [1.54, 1.807) is 0 Å². The number of carboxylic acids is 2. The molecule has 0 aliphatic heterocycles. The number of rotatable bonds is 32. The fourth-order valence-electron chi connectivity index (χ4n) is 5.32. The number of carboxylic acid groups (broad SMARTS) is 2. The Bertz CT molecular complexity index is 512. The molecule has 0 fully saturated rings. The summed E-state index contributed by atoms with van der Waals surface area (Å²) < 4.78 is 0. The van der Waals surface area contributed by atoms with Gasteiger partial charge < -0.3 is 30.0 Å². The molecule has 7 heteroatoms. The summed E-state index contributed by atoms with van der Waals surface area (Å²) in [7, 11) is 0. The second-order valence-electron chi connectivity index (χ2n) is 12.5. The average molecular weight is 639 g/mol. The van der Waals surface area contributed by atoms with E-state index in [1.807, 2.05) is 0 Å². The summed E-state index contributed by atoms with van der Waals surface area (Å²) in [6.45, 7) is 4.47. The van der Waals surface area contributed by atoms with Gasteiger partial charge in [0.1, 0.15) is 0 Å². The molecule has 252 valence electrons. The van der Waals surface area contributed by atoms with Gasteiger partial charge in [-0.1, -0.05) is 155 Å². The predicted octanol–water partition coefficient (Wildman–Crippen LogP) is 7.56. The monoisotopic (exact) mass is 638 g/mol. The summed E-state index contributed by atoms with van der Waals surface area (Å²) in [5.74, 6) is -1.89. The molecule has 0 spiro atoms. The molecule has 0 aromatic heterocycles. The summed E-state index contributed by atoms with van der Waals surface area (Å²) in [6.07, 6.45) is 31.7. The second-order valence-corrected chi connectivity index (χ2v) is 12.5. The molecular weight excluding hydrogens is 568 g/mol. The van der Waals surface area contributed by atoms with Crippen LogP contribution >= 0.6 is 0 Å². The van der Waals surface area contributed by atoms with Crippen molar-refractivity contribution in [3.63, 3.8) is 0 Å². The molecule has 0 amide bonds.